The molecule has 7 heteroatoms. The summed E-state index contributed by atoms with van der Waals surface area (Å²) in [5.41, 5.74) is -0.711. The van der Waals surface area contributed by atoms with Gasteiger partial charge in [-0.1, -0.05) is 18.6 Å². The number of alkyl halides is 4. The van der Waals surface area contributed by atoms with Crippen LogP contribution in [0, 0.1) is 0 Å². The minimum absolute atomic E-state index is 0.231. The van der Waals surface area contributed by atoms with Crippen molar-refractivity contribution in [1.29, 1.82) is 0 Å². The Bertz CT molecular complexity index is 582. The summed E-state index contributed by atoms with van der Waals surface area (Å²) in [6.45, 7) is 0. The molecule has 0 saturated carbocycles. The van der Waals surface area contributed by atoms with Crippen LogP contribution in [-0.2, 0) is 5.60 Å². The summed E-state index contributed by atoms with van der Waals surface area (Å²) in [5.74, 6) is -0.365. The number of piperidine rings is 2. The number of aliphatic hydroxyl groups is 1. The third kappa shape index (κ3) is 3.24. The van der Waals surface area contributed by atoms with Crippen molar-refractivity contribution in [3.63, 3.8) is 0 Å². The molecule has 0 aliphatic carbocycles. The van der Waals surface area contributed by atoms with Gasteiger partial charge in [-0.15, -0.1) is 0 Å². The summed E-state index contributed by atoms with van der Waals surface area (Å²) < 4.78 is 54.9. The first-order chi connectivity index (χ1) is 11.2. The van der Waals surface area contributed by atoms with Gasteiger partial charge in [0.15, 0.2) is 0 Å². The molecular weight excluding hydrogens is 326 g/mol. The zero-order valence-electron chi connectivity index (χ0n) is 13.4. The molecule has 2 bridgehead atoms. The highest BCUT2D eigenvalue weighted by atomic mass is 19.3. The van der Waals surface area contributed by atoms with E-state index in [1.165, 1.54) is 18.2 Å². The molecule has 2 heterocycles. The number of halogens is 4. The van der Waals surface area contributed by atoms with Crippen LogP contribution in [0.1, 0.15) is 37.7 Å². The summed E-state index contributed by atoms with van der Waals surface area (Å²) in [7, 11) is 2.04. The minimum atomic E-state index is -4.55. The van der Waals surface area contributed by atoms with Crippen molar-refractivity contribution in [3.8, 4) is 5.75 Å². The van der Waals surface area contributed by atoms with Gasteiger partial charge < -0.3 is 14.7 Å². The normalized spacial score (nSPS) is 31.3. The lowest BCUT2D eigenvalue weighted by Crippen LogP contribution is -2.55. The molecule has 2 aliphatic heterocycles. The maximum absolute atomic E-state index is 13.1. The Hall–Kier alpha value is -1.34. The summed E-state index contributed by atoms with van der Waals surface area (Å²) in [5, 5.41) is 11.1. The number of ether oxygens (including phenoxy) is 1. The first-order valence-electron chi connectivity index (χ1n) is 8.11. The summed E-state index contributed by atoms with van der Waals surface area (Å²) >= 11 is 0. The Kier molecular flexibility index (Phi) is 4.51. The lowest BCUT2D eigenvalue weighted by atomic mass is 9.73. The van der Waals surface area contributed by atoms with E-state index in [1.807, 2.05) is 7.05 Å². The van der Waals surface area contributed by atoms with Gasteiger partial charge >= 0.3 is 12.5 Å². The molecule has 0 aromatic heterocycles. The van der Waals surface area contributed by atoms with Gasteiger partial charge in [0.1, 0.15) is 5.75 Å². The number of hydrogen-bond acceptors (Lipinski definition) is 3. The summed E-state index contributed by atoms with van der Waals surface area (Å²) in [4.78, 5) is 2.27. The number of nitrogens with zero attached hydrogens (tertiary/aromatic N) is 1. The lowest BCUT2D eigenvalue weighted by molar-refractivity contribution is -0.253. The lowest BCUT2D eigenvalue weighted by Gasteiger charge is -2.50. The fourth-order valence-corrected chi connectivity index (χ4v) is 3.94. The van der Waals surface area contributed by atoms with Crippen molar-refractivity contribution < 1.29 is 27.4 Å². The highest BCUT2D eigenvalue weighted by molar-refractivity contribution is 5.33. The quantitative estimate of drug-likeness (QED) is 0.842. The molecule has 0 spiro atoms. The third-order valence-electron chi connectivity index (χ3n) is 5.25. The van der Waals surface area contributed by atoms with Gasteiger partial charge in [0.2, 0.25) is 0 Å². The molecule has 0 radical (unpaired) electrons. The molecule has 2 aliphatic rings. The van der Waals surface area contributed by atoms with Crippen molar-refractivity contribution >= 4 is 0 Å². The maximum atomic E-state index is 13.1. The molecule has 2 saturated heterocycles. The molecule has 2 unspecified atom stereocenters. The van der Waals surface area contributed by atoms with E-state index < -0.39 is 18.1 Å². The van der Waals surface area contributed by atoms with Crippen LogP contribution < -0.4 is 4.74 Å². The molecule has 3 rings (SSSR count). The highest BCUT2D eigenvalue weighted by Crippen LogP contribution is 2.44. The van der Waals surface area contributed by atoms with Crippen LogP contribution in [0.25, 0.3) is 0 Å². The average molecular weight is 347 g/mol. The van der Waals surface area contributed by atoms with Crippen LogP contribution in [0.5, 0.6) is 5.75 Å². The van der Waals surface area contributed by atoms with Gasteiger partial charge in [-0.2, -0.15) is 17.6 Å². The molecule has 24 heavy (non-hydrogen) atoms. The van der Waals surface area contributed by atoms with Gasteiger partial charge in [0, 0.05) is 12.1 Å². The van der Waals surface area contributed by atoms with Crippen molar-refractivity contribution in [1.82, 2.24) is 4.90 Å². The molecule has 2 atom stereocenters. The summed E-state index contributed by atoms with van der Waals surface area (Å²) in [6, 6.07) is 5.98. The third-order valence-corrected chi connectivity index (χ3v) is 5.25. The molecule has 1 aromatic rings. The maximum Gasteiger partial charge on any atom is 0.461 e. The zero-order valence-corrected chi connectivity index (χ0v) is 13.4. The smallest absolute Gasteiger partial charge is 0.428 e. The Morgan fingerprint density at radius 1 is 1.25 bits per heavy atom. The van der Waals surface area contributed by atoms with E-state index in [9.17, 15) is 22.7 Å². The van der Waals surface area contributed by atoms with Gasteiger partial charge in [0.05, 0.1) is 5.60 Å². The SMILES string of the molecule is CN1C2CCCC1CC(O)(c1cccc(OC(F)(F)C(F)F)c1)C2. The monoisotopic (exact) mass is 347 g/mol. The Labute approximate surface area is 138 Å². The number of rotatable bonds is 4. The fraction of sp³-hybridized carbons (Fsp3) is 0.647. The van der Waals surface area contributed by atoms with Crippen LogP contribution in [0.2, 0.25) is 0 Å². The van der Waals surface area contributed by atoms with Crippen molar-refractivity contribution in [2.75, 3.05) is 7.05 Å². The van der Waals surface area contributed by atoms with Gasteiger partial charge in [0.25, 0.3) is 0 Å². The first-order valence-corrected chi connectivity index (χ1v) is 8.11. The van der Waals surface area contributed by atoms with Crippen molar-refractivity contribution in [2.24, 2.45) is 0 Å². The molecule has 2 fully saturated rings. The van der Waals surface area contributed by atoms with Gasteiger partial charge in [-0.25, -0.2) is 0 Å². The highest BCUT2D eigenvalue weighted by Gasteiger charge is 2.46. The topological polar surface area (TPSA) is 32.7 Å². The Morgan fingerprint density at radius 3 is 2.46 bits per heavy atom. The number of fused-ring (bicyclic) bond motifs is 2. The molecule has 3 nitrogen and oxygen atoms in total. The van der Waals surface area contributed by atoms with E-state index in [1.54, 1.807) is 6.07 Å². The van der Waals surface area contributed by atoms with E-state index in [2.05, 4.69) is 9.64 Å². The second kappa shape index (κ2) is 6.19. The molecule has 134 valence electrons. The second-order valence-electron chi connectivity index (χ2n) is 6.84. The van der Waals surface area contributed by atoms with Crippen LogP contribution in [-0.4, -0.2) is 41.7 Å². The molecular formula is C17H21F4NO2. The van der Waals surface area contributed by atoms with E-state index in [0.717, 1.165) is 19.3 Å². The molecule has 1 aromatic carbocycles. The number of hydrogen-bond donors (Lipinski definition) is 1. The molecule has 1 N–H and O–H groups in total. The van der Waals surface area contributed by atoms with Gasteiger partial charge in [-0.05, 0) is 50.4 Å². The van der Waals surface area contributed by atoms with Crippen LogP contribution >= 0.6 is 0 Å². The average Bonchev–Trinajstić information content (AvgIpc) is 2.49. The standard InChI is InChI=1S/C17H21F4NO2/c1-22-12-5-3-6-13(22)10-16(23,9-12)11-4-2-7-14(8-11)24-17(20,21)15(18)19/h2,4,7-8,12-13,15,23H,3,5-6,9-10H2,1H3. The Morgan fingerprint density at radius 2 is 1.88 bits per heavy atom. The van der Waals surface area contributed by atoms with Gasteiger partial charge in [-0.3, -0.25) is 0 Å². The second-order valence-corrected chi connectivity index (χ2v) is 6.84. The Balaban J connectivity index is 1.83. The van der Waals surface area contributed by atoms with Crippen molar-refractivity contribution in [3.05, 3.63) is 29.8 Å². The van der Waals surface area contributed by atoms with E-state index >= 15 is 0 Å². The molecule has 0 amide bonds. The minimum Gasteiger partial charge on any atom is -0.428 e. The fourth-order valence-electron chi connectivity index (χ4n) is 3.94. The van der Waals surface area contributed by atoms with E-state index in [0.29, 0.717) is 18.4 Å². The van der Waals surface area contributed by atoms with Crippen LogP contribution in [0.3, 0.4) is 0 Å². The largest absolute Gasteiger partial charge is 0.461 e. The zero-order chi connectivity index (χ0) is 17.5. The van der Waals surface area contributed by atoms with E-state index in [-0.39, 0.29) is 17.8 Å². The van der Waals surface area contributed by atoms with E-state index in [4.69, 9.17) is 0 Å². The predicted molar refractivity (Wildman–Crippen MR) is 80.3 cm³/mol. The van der Waals surface area contributed by atoms with Crippen molar-refractivity contribution in [2.45, 2.75) is 62.3 Å². The predicted octanol–water partition coefficient (Wildman–Crippen LogP) is 3.76. The van der Waals surface area contributed by atoms with Crippen LogP contribution in [0.4, 0.5) is 17.6 Å². The summed E-state index contributed by atoms with van der Waals surface area (Å²) in [6.07, 6.45) is -4.40. The number of benzene rings is 1. The van der Waals surface area contributed by atoms with Crippen LogP contribution in [0.15, 0.2) is 24.3 Å². The first kappa shape index (κ1) is 17.5.